The molecule has 23 heavy (non-hydrogen) atoms. The van der Waals surface area contributed by atoms with Gasteiger partial charge in [0.1, 0.15) is 0 Å². The van der Waals surface area contributed by atoms with Crippen LogP contribution in [0.5, 0.6) is 0 Å². The molecule has 0 amide bonds. The molecule has 116 valence electrons. The van der Waals surface area contributed by atoms with Crippen molar-refractivity contribution in [2.24, 2.45) is 7.05 Å². The highest BCUT2D eigenvalue weighted by molar-refractivity contribution is 5.94. The van der Waals surface area contributed by atoms with Crippen LogP contribution in [0, 0.1) is 0 Å². The third-order valence-corrected chi connectivity index (χ3v) is 4.39. The number of nitrogens with zero attached hydrogens (tertiary/aromatic N) is 3. The van der Waals surface area contributed by atoms with Crippen LogP contribution in [-0.4, -0.2) is 14.5 Å². The Hall–Kier alpha value is -2.89. The number of hydrogen-bond acceptors (Lipinski definition) is 5. The van der Waals surface area contributed by atoms with Crippen LogP contribution in [0.25, 0.3) is 10.9 Å². The van der Waals surface area contributed by atoms with Crippen molar-refractivity contribution >= 4 is 22.3 Å². The van der Waals surface area contributed by atoms with Gasteiger partial charge in [-0.2, -0.15) is 0 Å². The molecule has 0 bridgehead atoms. The Balaban J connectivity index is 1.85. The van der Waals surface area contributed by atoms with Crippen molar-refractivity contribution in [3.63, 3.8) is 0 Å². The molecule has 4 rings (SSSR count). The predicted octanol–water partition coefficient (Wildman–Crippen LogP) is 2.01. The summed E-state index contributed by atoms with van der Waals surface area (Å²) < 4.78 is 1.62. The van der Waals surface area contributed by atoms with E-state index in [0.29, 0.717) is 5.69 Å². The van der Waals surface area contributed by atoms with Crippen LogP contribution in [0.15, 0.2) is 47.5 Å². The average Bonchev–Trinajstić information content (AvgIpc) is 3.34. The minimum atomic E-state index is -0.287. The van der Waals surface area contributed by atoms with Gasteiger partial charge < -0.3 is 15.6 Å². The van der Waals surface area contributed by atoms with Crippen molar-refractivity contribution in [2.75, 3.05) is 11.1 Å². The monoisotopic (exact) mass is 307 g/mol. The number of nitrogen functional groups attached to an aromatic ring is 1. The molecule has 0 aliphatic heterocycles. The normalized spacial score (nSPS) is 15.5. The van der Waals surface area contributed by atoms with Gasteiger partial charge in [-0.1, -0.05) is 0 Å². The highest BCUT2D eigenvalue weighted by Crippen LogP contribution is 2.47. The standard InChI is InChI=1S/C17H17N5O/c1-22-14-4-3-11(18)9-12(14)13(10-15(22)23)21-17(5-6-17)16-19-7-2-8-20-16/h2-4,7-10,21H,5-6,18H2,1H3. The summed E-state index contributed by atoms with van der Waals surface area (Å²) in [4.78, 5) is 21.0. The van der Waals surface area contributed by atoms with Gasteiger partial charge in [0.25, 0.3) is 5.56 Å². The molecule has 3 N–H and O–H groups in total. The van der Waals surface area contributed by atoms with Gasteiger partial charge in [-0.15, -0.1) is 0 Å². The summed E-state index contributed by atoms with van der Waals surface area (Å²) >= 11 is 0. The number of nitrogens with one attached hydrogen (secondary N) is 1. The van der Waals surface area contributed by atoms with E-state index in [-0.39, 0.29) is 11.1 Å². The molecule has 1 aromatic carbocycles. The molecular formula is C17H17N5O. The summed E-state index contributed by atoms with van der Waals surface area (Å²) in [6.45, 7) is 0. The number of aryl methyl sites for hydroxylation is 1. The Bertz CT molecular complexity index is 944. The van der Waals surface area contributed by atoms with Crippen molar-refractivity contribution in [1.82, 2.24) is 14.5 Å². The molecule has 2 aromatic heterocycles. The van der Waals surface area contributed by atoms with E-state index in [2.05, 4.69) is 15.3 Å². The first-order valence-electron chi connectivity index (χ1n) is 7.54. The van der Waals surface area contributed by atoms with Crippen molar-refractivity contribution in [1.29, 1.82) is 0 Å². The molecule has 0 atom stereocenters. The van der Waals surface area contributed by atoms with Crippen LogP contribution in [-0.2, 0) is 12.6 Å². The molecule has 2 heterocycles. The maximum absolute atomic E-state index is 12.2. The molecule has 0 unspecified atom stereocenters. The molecule has 3 aromatic rings. The van der Waals surface area contributed by atoms with E-state index in [1.165, 1.54) is 0 Å². The summed E-state index contributed by atoms with van der Waals surface area (Å²) in [6, 6.07) is 8.98. The van der Waals surface area contributed by atoms with Crippen molar-refractivity contribution in [3.8, 4) is 0 Å². The second-order valence-electron chi connectivity index (χ2n) is 6.01. The summed E-state index contributed by atoms with van der Waals surface area (Å²) in [5.41, 5.74) is 7.88. The third-order valence-electron chi connectivity index (χ3n) is 4.39. The van der Waals surface area contributed by atoms with Crippen LogP contribution in [0.4, 0.5) is 11.4 Å². The Morgan fingerprint density at radius 1 is 1.22 bits per heavy atom. The minimum absolute atomic E-state index is 0.0606. The second kappa shape index (κ2) is 4.81. The fourth-order valence-corrected chi connectivity index (χ4v) is 2.92. The summed E-state index contributed by atoms with van der Waals surface area (Å²) in [6.07, 6.45) is 5.36. The lowest BCUT2D eigenvalue weighted by Gasteiger charge is -2.19. The fourth-order valence-electron chi connectivity index (χ4n) is 2.92. The van der Waals surface area contributed by atoms with E-state index >= 15 is 0 Å². The smallest absolute Gasteiger partial charge is 0.252 e. The second-order valence-corrected chi connectivity index (χ2v) is 6.01. The zero-order valence-electron chi connectivity index (χ0n) is 12.8. The number of benzene rings is 1. The van der Waals surface area contributed by atoms with Gasteiger partial charge in [-0.05, 0) is 37.1 Å². The van der Waals surface area contributed by atoms with Crippen molar-refractivity contribution in [3.05, 3.63) is 58.9 Å². The Morgan fingerprint density at radius 2 is 1.96 bits per heavy atom. The molecule has 6 nitrogen and oxygen atoms in total. The Morgan fingerprint density at radius 3 is 2.65 bits per heavy atom. The van der Waals surface area contributed by atoms with Gasteiger partial charge in [-0.3, -0.25) is 4.79 Å². The molecule has 0 saturated heterocycles. The summed E-state index contributed by atoms with van der Waals surface area (Å²) in [5.74, 6) is 0.762. The van der Waals surface area contributed by atoms with Crippen LogP contribution in [0.3, 0.4) is 0 Å². The summed E-state index contributed by atoms with van der Waals surface area (Å²) in [7, 11) is 1.76. The van der Waals surface area contributed by atoms with Crippen molar-refractivity contribution in [2.45, 2.75) is 18.4 Å². The van der Waals surface area contributed by atoms with E-state index < -0.39 is 0 Å². The predicted molar refractivity (Wildman–Crippen MR) is 90.2 cm³/mol. The number of nitrogens with two attached hydrogens (primary N) is 1. The quantitative estimate of drug-likeness (QED) is 0.723. The first-order chi connectivity index (χ1) is 11.1. The maximum atomic E-state index is 12.2. The number of anilines is 2. The van der Waals surface area contributed by atoms with E-state index in [1.807, 2.05) is 12.1 Å². The van der Waals surface area contributed by atoms with Crippen LogP contribution in [0.2, 0.25) is 0 Å². The number of rotatable bonds is 3. The Labute approximate surface area is 133 Å². The van der Waals surface area contributed by atoms with Gasteiger partial charge in [-0.25, -0.2) is 9.97 Å². The minimum Gasteiger partial charge on any atom is -0.399 e. The number of aromatic nitrogens is 3. The van der Waals surface area contributed by atoms with Crippen LogP contribution < -0.4 is 16.6 Å². The SMILES string of the molecule is Cn1c(=O)cc(NC2(c3ncccn3)CC2)c2cc(N)ccc21. The number of fused-ring (bicyclic) bond motifs is 1. The average molecular weight is 307 g/mol. The summed E-state index contributed by atoms with van der Waals surface area (Å²) in [5, 5.41) is 4.42. The largest absolute Gasteiger partial charge is 0.399 e. The lowest BCUT2D eigenvalue weighted by Crippen LogP contribution is -2.24. The lowest BCUT2D eigenvalue weighted by molar-refractivity contribution is 0.725. The van der Waals surface area contributed by atoms with E-state index in [4.69, 9.17) is 5.73 Å². The molecule has 6 heteroatoms. The van der Waals surface area contributed by atoms with E-state index in [0.717, 1.165) is 35.3 Å². The zero-order valence-corrected chi connectivity index (χ0v) is 12.8. The van der Waals surface area contributed by atoms with Crippen LogP contribution >= 0.6 is 0 Å². The van der Waals surface area contributed by atoms with Crippen LogP contribution in [0.1, 0.15) is 18.7 Å². The maximum Gasteiger partial charge on any atom is 0.252 e. The molecule has 0 radical (unpaired) electrons. The van der Waals surface area contributed by atoms with Gasteiger partial charge >= 0.3 is 0 Å². The molecular weight excluding hydrogens is 290 g/mol. The zero-order chi connectivity index (χ0) is 16.0. The highest BCUT2D eigenvalue weighted by Gasteiger charge is 2.47. The lowest BCUT2D eigenvalue weighted by atomic mass is 10.1. The van der Waals surface area contributed by atoms with Gasteiger partial charge in [0.15, 0.2) is 5.82 Å². The topological polar surface area (TPSA) is 85.8 Å². The third kappa shape index (κ3) is 2.23. The van der Waals surface area contributed by atoms with E-state index in [9.17, 15) is 4.79 Å². The molecule has 1 saturated carbocycles. The Kier molecular flexibility index (Phi) is 2.87. The van der Waals surface area contributed by atoms with Gasteiger partial charge in [0.2, 0.25) is 0 Å². The highest BCUT2D eigenvalue weighted by atomic mass is 16.1. The molecule has 1 aliphatic rings. The van der Waals surface area contributed by atoms with E-state index in [1.54, 1.807) is 42.2 Å². The molecule has 0 spiro atoms. The van der Waals surface area contributed by atoms with Crippen molar-refractivity contribution < 1.29 is 0 Å². The molecule has 1 aliphatic carbocycles. The molecule has 1 fully saturated rings. The number of hydrogen-bond donors (Lipinski definition) is 2. The fraction of sp³-hybridized carbons (Fsp3) is 0.235. The first-order valence-corrected chi connectivity index (χ1v) is 7.54. The first kappa shape index (κ1) is 13.8. The van der Waals surface area contributed by atoms with Gasteiger partial charge in [0, 0.05) is 42.3 Å². The number of pyridine rings is 1. The van der Waals surface area contributed by atoms with Gasteiger partial charge in [0.05, 0.1) is 11.1 Å².